The third-order valence-electron chi connectivity index (χ3n) is 2.48. The molecule has 0 bridgehead atoms. The molecule has 0 saturated carbocycles. The van der Waals surface area contributed by atoms with E-state index >= 15 is 0 Å². The highest BCUT2D eigenvalue weighted by molar-refractivity contribution is 7.91. The lowest BCUT2D eigenvalue weighted by atomic mass is 10.2. The Morgan fingerprint density at radius 2 is 2.15 bits per heavy atom. The van der Waals surface area contributed by atoms with Crippen LogP contribution in [0.3, 0.4) is 0 Å². The number of carbonyl (C=O) groups is 1. The number of aromatic carboxylic acids is 1. The van der Waals surface area contributed by atoms with Crippen LogP contribution in [-0.4, -0.2) is 31.1 Å². The summed E-state index contributed by atoms with van der Waals surface area (Å²) in [5.74, 6) is -1.18. The number of sulfonamides is 1. The number of carboxylic acids is 1. The van der Waals surface area contributed by atoms with Crippen LogP contribution in [0, 0.1) is 0 Å². The predicted molar refractivity (Wildman–Crippen MR) is 75.7 cm³/mol. The van der Waals surface area contributed by atoms with Crippen molar-refractivity contribution < 1.29 is 23.4 Å². The fourth-order valence-electron chi connectivity index (χ4n) is 1.41. The molecule has 108 valence electrons. The molecule has 0 spiro atoms. The second-order valence-electron chi connectivity index (χ2n) is 3.88. The maximum atomic E-state index is 11.9. The Morgan fingerprint density at radius 3 is 2.70 bits per heavy atom. The molecule has 2 aromatic heterocycles. The van der Waals surface area contributed by atoms with Crippen molar-refractivity contribution in [3.05, 3.63) is 39.4 Å². The second-order valence-corrected chi connectivity index (χ2v) is 7.57. The van der Waals surface area contributed by atoms with Crippen LogP contribution in [0.4, 0.5) is 0 Å². The maximum Gasteiger partial charge on any atom is 0.336 e. The molecule has 1 atom stereocenters. The number of aliphatic hydroxyl groups excluding tert-OH is 1. The van der Waals surface area contributed by atoms with Gasteiger partial charge < -0.3 is 10.2 Å². The van der Waals surface area contributed by atoms with E-state index in [1.54, 1.807) is 16.8 Å². The molecule has 0 amide bonds. The van der Waals surface area contributed by atoms with Gasteiger partial charge in [-0.1, -0.05) is 0 Å². The van der Waals surface area contributed by atoms with E-state index in [-0.39, 0.29) is 16.3 Å². The van der Waals surface area contributed by atoms with E-state index in [1.807, 2.05) is 0 Å². The molecule has 0 fully saturated rings. The van der Waals surface area contributed by atoms with E-state index in [4.69, 9.17) is 5.11 Å². The van der Waals surface area contributed by atoms with E-state index in [0.717, 1.165) is 17.4 Å². The van der Waals surface area contributed by atoms with Gasteiger partial charge in [-0.15, -0.1) is 11.3 Å². The molecule has 2 heterocycles. The van der Waals surface area contributed by atoms with Crippen LogP contribution in [0.1, 0.15) is 22.0 Å². The fourth-order valence-corrected chi connectivity index (χ4v) is 4.36. The van der Waals surface area contributed by atoms with Crippen LogP contribution in [0.25, 0.3) is 0 Å². The number of rotatable bonds is 6. The second kappa shape index (κ2) is 6.02. The predicted octanol–water partition coefficient (Wildman–Crippen LogP) is 1.52. The third kappa shape index (κ3) is 3.44. The van der Waals surface area contributed by atoms with Gasteiger partial charge >= 0.3 is 5.97 Å². The lowest BCUT2D eigenvalue weighted by Gasteiger charge is -2.10. The summed E-state index contributed by atoms with van der Waals surface area (Å²) in [6.45, 7) is -0.167. The average molecular weight is 333 g/mol. The first kappa shape index (κ1) is 15.1. The monoisotopic (exact) mass is 333 g/mol. The van der Waals surface area contributed by atoms with Gasteiger partial charge in [0.25, 0.3) is 0 Å². The minimum atomic E-state index is -3.81. The lowest BCUT2D eigenvalue weighted by Crippen LogP contribution is -2.27. The van der Waals surface area contributed by atoms with Gasteiger partial charge in [0.1, 0.15) is 4.21 Å². The molecule has 2 aromatic rings. The molecule has 0 aliphatic rings. The van der Waals surface area contributed by atoms with Gasteiger partial charge in [0.05, 0.1) is 11.7 Å². The van der Waals surface area contributed by atoms with Crippen molar-refractivity contribution in [3.8, 4) is 0 Å². The summed E-state index contributed by atoms with van der Waals surface area (Å²) in [6, 6.07) is 2.80. The van der Waals surface area contributed by atoms with E-state index < -0.39 is 22.1 Å². The summed E-state index contributed by atoms with van der Waals surface area (Å²) >= 11 is 2.23. The highest BCUT2D eigenvalue weighted by Gasteiger charge is 2.20. The Bertz CT molecular complexity index is 689. The van der Waals surface area contributed by atoms with Gasteiger partial charge in [-0.25, -0.2) is 17.9 Å². The first-order valence-electron chi connectivity index (χ1n) is 5.42. The molecule has 3 N–H and O–H groups in total. The van der Waals surface area contributed by atoms with Gasteiger partial charge in [-0.3, -0.25) is 0 Å². The van der Waals surface area contributed by atoms with E-state index in [9.17, 15) is 18.3 Å². The first-order chi connectivity index (χ1) is 9.40. The van der Waals surface area contributed by atoms with Crippen LogP contribution in [0.5, 0.6) is 0 Å². The molecule has 6 nitrogen and oxygen atoms in total. The molecular formula is C11H11NO5S3. The number of thiophene rings is 2. The Balaban J connectivity index is 2.05. The lowest BCUT2D eigenvalue weighted by molar-refractivity contribution is 0.0697. The smallest absolute Gasteiger partial charge is 0.336 e. The number of hydrogen-bond acceptors (Lipinski definition) is 6. The van der Waals surface area contributed by atoms with Crippen LogP contribution in [0.15, 0.2) is 32.5 Å². The third-order valence-corrected chi connectivity index (χ3v) is 6.05. The van der Waals surface area contributed by atoms with E-state index in [1.165, 1.54) is 16.7 Å². The van der Waals surface area contributed by atoms with Crippen molar-refractivity contribution in [3.63, 3.8) is 0 Å². The molecule has 0 aliphatic carbocycles. The molecule has 0 aromatic carbocycles. The van der Waals surface area contributed by atoms with E-state index in [0.29, 0.717) is 5.56 Å². The van der Waals surface area contributed by atoms with Crippen molar-refractivity contribution in [2.24, 2.45) is 0 Å². The van der Waals surface area contributed by atoms with Gasteiger partial charge in [-0.05, 0) is 28.5 Å². The minimum Gasteiger partial charge on any atom is -0.478 e. The van der Waals surface area contributed by atoms with Crippen molar-refractivity contribution >= 4 is 38.7 Å². The highest BCUT2D eigenvalue weighted by Crippen LogP contribution is 2.21. The molecule has 9 heteroatoms. The zero-order chi connectivity index (χ0) is 14.8. The standard InChI is InChI=1S/C11H11NO5S3/c13-9(7-1-2-18-5-7)4-12-20(16,17)10-3-8(6-19-10)11(14)15/h1-3,5-6,9,12-13H,4H2,(H,14,15). The summed E-state index contributed by atoms with van der Waals surface area (Å²) in [4.78, 5) is 10.7. The number of nitrogens with one attached hydrogen (secondary N) is 1. The highest BCUT2D eigenvalue weighted by atomic mass is 32.2. The van der Waals surface area contributed by atoms with Crippen molar-refractivity contribution in [1.82, 2.24) is 4.72 Å². The van der Waals surface area contributed by atoms with Crippen LogP contribution < -0.4 is 4.72 Å². The fraction of sp³-hybridized carbons (Fsp3) is 0.182. The Hall–Kier alpha value is -1.26. The normalized spacial score (nSPS) is 13.2. The first-order valence-corrected chi connectivity index (χ1v) is 8.72. The molecule has 0 saturated heterocycles. The number of aliphatic hydroxyl groups is 1. The minimum absolute atomic E-state index is 0.0752. The Kier molecular flexibility index (Phi) is 4.55. The molecule has 0 radical (unpaired) electrons. The van der Waals surface area contributed by atoms with Gasteiger partial charge in [0, 0.05) is 11.9 Å². The zero-order valence-corrected chi connectivity index (χ0v) is 12.5. The van der Waals surface area contributed by atoms with Crippen molar-refractivity contribution in [2.45, 2.75) is 10.3 Å². The summed E-state index contributed by atoms with van der Waals surface area (Å²) in [5, 5.41) is 23.3. The van der Waals surface area contributed by atoms with E-state index in [2.05, 4.69) is 4.72 Å². The summed E-state index contributed by atoms with van der Waals surface area (Å²) in [5.41, 5.74) is 0.559. The van der Waals surface area contributed by atoms with Crippen molar-refractivity contribution in [1.29, 1.82) is 0 Å². The Morgan fingerprint density at radius 1 is 1.40 bits per heavy atom. The molecule has 2 rings (SSSR count). The number of carboxylic acid groups (broad SMARTS) is 1. The van der Waals surface area contributed by atoms with Gasteiger partial charge in [0.2, 0.25) is 10.0 Å². The summed E-state index contributed by atoms with van der Waals surface area (Å²) in [7, 11) is -3.81. The molecule has 1 unspecified atom stereocenters. The number of hydrogen-bond donors (Lipinski definition) is 3. The molecule has 0 aliphatic heterocycles. The largest absolute Gasteiger partial charge is 0.478 e. The topological polar surface area (TPSA) is 104 Å². The van der Waals surface area contributed by atoms with Crippen LogP contribution in [0.2, 0.25) is 0 Å². The van der Waals surface area contributed by atoms with Crippen molar-refractivity contribution in [2.75, 3.05) is 6.54 Å². The quantitative estimate of drug-likeness (QED) is 0.743. The maximum absolute atomic E-state index is 11.9. The SMILES string of the molecule is O=C(O)c1csc(S(=O)(=O)NCC(O)c2ccsc2)c1. The summed E-state index contributed by atoms with van der Waals surface area (Å²) in [6.07, 6.45) is -0.935. The van der Waals surface area contributed by atoms with Crippen LogP contribution in [-0.2, 0) is 10.0 Å². The zero-order valence-electron chi connectivity index (χ0n) is 10.0. The summed E-state index contributed by atoms with van der Waals surface area (Å²) < 4.78 is 26.0. The average Bonchev–Trinajstić information content (AvgIpc) is 3.06. The van der Waals surface area contributed by atoms with Gasteiger partial charge in [-0.2, -0.15) is 11.3 Å². The van der Waals surface area contributed by atoms with Gasteiger partial charge in [0.15, 0.2) is 0 Å². The van der Waals surface area contributed by atoms with Crippen LogP contribution >= 0.6 is 22.7 Å². The Labute approximate surface area is 123 Å². The molecular weight excluding hydrogens is 322 g/mol. The molecule has 20 heavy (non-hydrogen) atoms.